The largest absolute Gasteiger partial charge is 0.339 e. The summed E-state index contributed by atoms with van der Waals surface area (Å²) in [5.74, 6) is 1.36. The summed E-state index contributed by atoms with van der Waals surface area (Å²) in [6.07, 6.45) is 6.67. The molecule has 1 aliphatic carbocycles. The Morgan fingerprint density at radius 1 is 0.933 bits per heavy atom. The van der Waals surface area contributed by atoms with Crippen LogP contribution in [-0.4, -0.2) is 78.9 Å². The van der Waals surface area contributed by atoms with Gasteiger partial charge >= 0.3 is 0 Å². The highest BCUT2D eigenvalue weighted by atomic mass is 19.1. The first-order valence-electron chi connectivity index (χ1n) is 11.3. The first-order valence-corrected chi connectivity index (χ1v) is 11.3. The Bertz CT molecular complexity index is 750. The summed E-state index contributed by atoms with van der Waals surface area (Å²) in [4.78, 5) is 31.3. The molecule has 1 aromatic rings. The predicted octanol–water partition coefficient (Wildman–Crippen LogP) is 2.42. The second-order valence-corrected chi connectivity index (χ2v) is 9.04. The maximum absolute atomic E-state index is 13.2. The predicted molar refractivity (Wildman–Crippen MR) is 115 cm³/mol. The van der Waals surface area contributed by atoms with Crippen molar-refractivity contribution in [3.63, 3.8) is 0 Å². The quantitative estimate of drug-likeness (QED) is 0.801. The van der Waals surface area contributed by atoms with Crippen LogP contribution in [0.3, 0.4) is 0 Å². The van der Waals surface area contributed by atoms with E-state index < -0.39 is 0 Å². The number of halogens is 1. The van der Waals surface area contributed by atoms with Gasteiger partial charge < -0.3 is 10.2 Å². The van der Waals surface area contributed by atoms with Crippen LogP contribution in [0.25, 0.3) is 0 Å². The number of likely N-dealkylation sites (tertiary alicyclic amines) is 1. The number of benzene rings is 1. The summed E-state index contributed by atoms with van der Waals surface area (Å²) in [6.45, 7) is 5.61. The van der Waals surface area contributed by atoms with E-state index in [9.17, 15) is 14.0 Å². The van der Waals surface area contributed by atoms with E-state index in [1.807, 2.05) is 9.80 Å². The van der Waals surface area contributed by atoms with Crippen LogP contribution in [0.2, 0.25) is 0 Å². The van der Waals surface area contributed by atoms with Crippen molar-refractivity contribution < 1.29 is 14.0 Å². The van der Waals surface area contributed by atoms with Gasteiger partial charge in [-0.25, -0.2) is 4.39 Å². The lowest BCUT2D eigenvalue weighted by molar-refractivity contribution is -0.135. The van der Waals surface area contributed by atoms with Crippen LogP contribution in [0.15, 0.2) is 24.3 Å². The minimum absolute atomic E-state index is 0.157. The van der Waals surface area contributed by atoms with E-state index in [-0.39, 0.29) is 24.2 Å². The summed E-state index contributed by atoms with van der Waals surface area (Å²) in [6, 6.07) is 5.91. The van der Waals surface area contributed by atoms with E-state index >= 15 is 0 Å². The molecular formula is C23H33FN4O2. The first-order chi connectivity index (χ1) is 14.6. The van der Waals surface area contributed by atoms with E-state index in [2.05, 4.69) is 10.2 Å². The average molecular weight is 417 g/mol. The molecule has 2 aliphatic heterocycles. The van der Waals surface area contributed by atoms with Gasteiger partial charge in [0.1, 0.15) is 5.82 Å². The molecule has 2 amide bonds. The molecule has 4 rings (SSSR count). The highest BCUT2D eigenvalue weighted by Crippen LogP contribution is 2.35. The summed E-state index contributed by atoms with van der Waals surface area (Å²) >= 11 is 0. The molecule has 2 heterocycles. The Kier molecular flexibility index (Phi) is 7.00. The van der Waals surface area contributed by atoms with Crippen molar-refractivity contribution >= 4 is 17.5 Å². The molecule has 6 nitrogen and oxygen atoms in total. The molecule has 164 valence electrons. The van der Waals surface area contributed by atoms with Crippen molar-refractivity contribution in [1.82, 2.24) is 14.7 Å². The molecule has 30 heavy (non-hydrogen) atoms. The van der Waals surface area contributed by atoms with Gasteiger partial charge in [-0.3, -0.25) is 19.4 Å². The van der Waals surface area contributed by atoms with Crippen molar-refractivity contribution in [2.75, 3.05) is 57.7 Å². The Labute approximate surface area is 178 Å². The lowest BCUT2D eigenvalue weighted by Gasteiger charge is -2.42. The molecule has 0 spiro atoms. The first kappa shape index (κ1) is 21.2. The fraction of sp³-hybridized carbons (Fsp3) is 0.652. The number of hydrogen-bond acceptors (Lipinski definition) is 4. The normalized spacial score (nSPS) is 25.6. The number of rotatable bonds is 5. The van der Waals surface area contributed by atoms with Gasteiger partial charge in [0, 0.05) is 38.4 Å². The van der Waals surface area contributed by atoms with Crippen molar-refractivity contribution in [3.05, 3.63) is 30.1 Å². The number of nitrogens with zero attached hydrogens (tertiary/aromatic N) is 3. The van der Waals surface area contributed by atoms with E-state index in [0.29, 0.717) is 38.4 Å². The number of fused-ring (bicyclic) bond motifs is 1. The van der Waals surface area contributed by atoms with E-state index in [4.69, 9.17) is 0 Å². The van der Waals surface area contributed by atoms with Crippen molar-refractivity contribution in [2.45, 2.75) is 32.1 Å². The van der Waals surface area contributed by atoms with Gasteiger partial charge in [0.2, 0.25) is 11.8 Å². The smallest absolute Gasteiger partial charge is 0.238 e. The third kappa shape index (κ3) is 5.58. The standard InChI is InChI=1S/C23H33FN4O2/c24-20-6-3-7-21(14-20)25-22(29)16-26-10-12-28(13-11-26)23(30)17-27-9-8-18-4-1-2-5-19(18)15-27/h3,6-7,14,18-19H,1-2,4-5,8-13,15-17H2,(H,25,29)/t18-,19+/m0/s1. The Morgan fingerprint density at radius 3 is 2.47 bits per heavy atom. The van der Waals surface area contributed by atoms with Crippen molar-refractivity contribution in [3.8, 4) is 0 Å². The molecular weight excluding hydrogens is 383 g/mol. The molecule has 0 radical (unpaired) electrons. The number of amides is 2. The maximum Gasteiger partial charge on any atom is 0.238 e. The van der Waals surface area contributed by atoms with Crippen LogP contribution in [0.1, 0.15) is 32.1 Å². The van der Waals surface area contributed by atoms with Gasteiger partial charge in [-0.05, 0) is 49.4 Å². The molecule has 3 fully saturated rings. The van der Waals surface area contributed by atoms with Crippen LogP contribution in [-0.2, 0) is 9.59 Å². The Morgan fingerprint density at radius 2 is 1.70 bits per heavy atom. The topological polar surface area (TPSA) is 55.9 Å². The van der Waals surface area contributed by atoms with Crippen LogP contribution in [0.4, 0.5) is 10.1 Å². The number of anilines is 1. The third-order valence-corrected chi connectivity index (χ3v) is 6.93. The molecule has 1 aromatic carbocycles. The molecule has 2 saturated heterocycles. The van der Waals surface area contributed by atoms with Crippen LogP contribution >= 0.6 is 0 Å². The summed E-state index contributed by atoms with van der Waals surface area (Å²) in [7, 11) is 0. The van der Waals surface area contributed by atoms with Crippen molar-refractivity contribution in [1.29, 1.82) is 0 Å². The molecule has 7 heteroatoms. The maximum atomic E-state index is 13.2. The van der Waals surface area contributed by atoms with Crippen LogP contribution in [0.5, 0.6) is 0 Å². The van der Waals surface area contributed by atoms with E-state index in [1.54, 1.807) is 12.1 Å². The minimum Gasteiger partial charge on any atom is -0.339 e. The van der Waals surface area contributed by atoms with Gasteiger partial charge in [0.15, 0.2) is 0 Å². The minimum atomic E-state index is -0.368. The fourth-order valence-electron chi connectivity index (χ4n) is 5.24. The SMILES string of the molecule is O=C(CN1CCN(C(=O)CN2CC[C@@H]3CCCC[C@@H]3C2)CC1)Nc1cccc(F)c1. The fourth-order valence-corrected chi connectivity index (χ4v) is 5.24. The van der Waals surface area contributed by atoms with Gasteiger partial charge in [-0.1, -0.05) is 25.3 Å². The number of carbonyl (C=O) groups excluding carboxylic acids is 2. The second-order valence-electron chi connectivity index (χ2n) is 9.04. The van der Waals surface area contributed by atoms with Crippen molar-refractivity contribution in [2.24, 2.45) is 11.8 Å². The second kappa shape index (κ2) is 9.88. The number of hydrogen-bond donors (Lipinski definition) is 1. The van der Waals surface area contributed by atoms with E-state index in [1.165, 1.54) is 44.2 Å². The highest BCUT2D eigenvalue weighted by Gasteiger charge is 2.32. The molecule has 0 aromatic heterocycles. The molecule has 3 aliphatic rings. The number of piperidine rings is 1. The van der Waals surface area contributed by atoms with Gasteiger partial charge in [-0.2, -0.15) is 0 Å². The Hall–Kier alpha value is -1.99. The van der Waals surface area contributed by atoms with E-state index in [0.717, 1.165) is 24.9 Å². The van der Waals surface area contributed by atoms with Gasteiger partial charge in [-0.15, -0.1) is 0 Å². The lowest BCUT2D eigenvalue weighted by Crippen LogP contribution is -2.53. The summed E-state index contributed by atoms with van der Waals surface area (Å²) < 4.78 is 13.2. The number of nitrogens with one attached hydrogen (secondary N) is 1. The molecule has 1 saturated carbocycles. The zero-order valence-corrected chi connectivity index (χ0v) is 17.7. The summed E-state index contributed by atoms with van der Waals surface area (Å²) in [5.41, 5.74) is 0.468. The molecule has 0 unspecified atom stereocenters. The van der Waals surface area contributed by atoms with Gasteiger partial charge in [0.05, 0.1) is 13.1 Å². The zero-order valence-electron chi connectivity index (χ0n) is 17.7. The average Bonchev–Trinajstić information content (AvgIpc) is 2.74. The number of piperazine rings is 1. The highest BCUT2D eigenvalue weighted by molar-refractivity contribution is 5.92. The molecule has 1 N–H and O–H groups in total. The monoisotopic (exact) mass is 416 g/mol. The third-order valence-electron chi connectivity index (χ3n) is 6.93. The Balaban J connectivity index is 1.18. The number of carbonyl (C=O) groups is 2. The molecule has 0 bridgehead atoms. The zero-order chi connectivity index (χ0) is 20.9. The van der Waals surface area contributed by atoms with Crippen LogP contribution in [0, 0.1) is 17.7 Å². The van der Waals surface area contributed by atoms with Gasteiger partial charge in [0.25, 0.3) is 0 Å². The molecule has 2 atom stereocenters. The summed E-state index contributed by atoms with van der Waals surface area (Å²) in [5, 5.41) is 2.73. The lowest BCUT2D eigenvalue weighted by atomic mass is 9.75. The van der Waals surface area contributed by atoms with Crippen LogP contribution < -0.4 is 5.32 Å².